The Balaban J connectivity index is 1.21. The highest BCUT2D eigenvalue weighted by Crippen LogP contribution is 2.24. The lowest BCUT2D eigenvalue weighted by atomic mass is 9.94. The fourth-order valence-electron chi connectivity index (χ4n) is 4.28. The molecule has 1 fully saturated rings. The molecule has 1 aliphatic rings. The number of hydrogen-bond donors (Lipinski definition) is 0. The number of rotatable bonds is 6. The Morgan fingerprint density at radius 2 is 2.00 bits per heavy atom. The Hall–Kier alpha value is -3.81. The van der Waals surface area contributed by atoms with Crippen LogP contribution in [0.3, 0.4) is 0 Å². The van der Waals surface area contributed by atoms with Crippen molar-refractivity contribution in [3.63, 3.8) is 0 Å². The maximum absolute atomic E-state index is 14.0. The second-order valence-electron chi connectivity index (χ2n) is 8.39. The summed E-state index contributed by atoms with van der Waals surface area (Å²) in [5.74, 6) is 0.595. The van der Waals surface area contributed by atoms with Crippen LogP contribution >= 0.6 is 0 Å². The molecule has 0 spiro atoms. The Labute approximate surface area is 190 Å². The van der Waals surface area contributed by atoms with E-state index in [9.17, 15) is 9.18 Å². The molecular formula is C25H24FN5O2. The highest BCUT2D eigenvalue weighted by atomic mass is 19.1. The third-order valence-electron chi connectivity index (χ3n) is 5.98. The van der Waals surface area contributed by atoms with E-state index in [0.717, 1.165) is 31.5 Å². The highest BCUT2D eigenvalue weighted by Gasteiger charge is 2.26. The number of benzene rings is 2. The molecule has 4 aromatic rings. The van der Waals surface area contributed by atoms with Crippen LogP contribution in [0.4, 0.5) is 4.39 Å². The molecule has 0 saturated carbocycles. The first kappa shape index (κ1) is 21.1. The van der Waals surface area contributed by atoms with E-state index in [1.54, 1.807) is 30.7 Å². The minimum Gasteiger partial charge on any atom is -0.339 e. The lowest BCUT2D eigenvalue weighted by Gasteiger charge is -2.32. The molecule has 1 unspecified atom stereocenters. The smallest absolute Gasteiger partial charge is 0.253 e. The molecule has 2 aromatic carbocycles. The fourth-order valence-corrected chi connectivity index (χ4v) is 4.28. The fraction of sp³-hybridized carbons (Fsp3) is 0.280. The Morgan fingerprint density at radius 1 is 1.15 bits per heavy atom. The van der Waals surface area contributed by atoms with Gasteiger partial charge in [0.25, 0.3) is 5.91 Å². The van der Waals surface area contributed by atoms with Crippen molar-refractivity contribution in [1.82, 2.24) is 24.6 Å². The zero-order valence-corrected chi connectivity index (χ0v) is 18.1. The van der Waals surface area contributed by atoms with Crippen molar-refractivity contribution >= 4 is 5.91 Å². The van der Waals surface area contributed by atoms with Gasteiger partial charge in [0.15, 0.2) is 0 Å². The molecule has 8 heteroatoms. The average molecular weight is 445 g/mol. The van der Waals surface area contributed by atoms with E-state index < -0.39 is 0 Å². The Morgan fingerprint density at radius 3 is 2.79 bits per heavy atom. The molecule has 0 N–H and O–H groups in total. The van der Waals surface area contributed by atoms with Crippen molar-refractivity contribution in [2.24, 2.45) is 5.92 Å². The molecule has 1 aliphatic heterocycles. The third kappa shape index (κ3) is 4.84. The zero-order chi connectivity index (χ0) is 22.6. The first-order chi connectivity index (χ1) is 16.2. The van der Waals surface area contributed by atoms with E-state index in [4.69, 9.17) is 4.52 Å². The molecule has 33 heavy (non-hydrogen) atoms. The summed E-state index contributed by atoms with van der Waals surface area (Å²) in [5.41, 5.74) is 2.12. The van der Waals surface area contributed by atoms with Gasteiger partial charge in [-0.2, -0.15) is 4.98 Å². The number of carbonyl (C=O) groups is 1. The number of piperidine rings is 1. The molecule has 7 nitrogen and oxygen atoms in total. The molecule has 0 aliphatic carbocycles. The molecule has 2 aromatic heterocycles. The van der Waals surface area contributed by atoms with E-state index in [1.165, 1.54) is 6.07 Å². The van der Waals surface area contributed by atoms with Crippen molar-refractivity contribution in [2.45, 2.75) is 25.8 Å². The number of nitrogens with zero attached hydrogens (tertiary/aromatic N) is 5. The summed E-state index contributed by atoms with van der Waals surface area (Å²) in [6.45, 7) is 2.09. The Kier molecular flexibility index (Phi) is 5.97. The summed E-state index contributed by atoms with van der Waals surface area (Å²) in [6, 6.07) is 14.1. The van der Waals surface area contributed by atoms with E-state index in [0.29, 0.717) is 30.0 Å². The van der Waals surface area contributed by atoms with Gasteiger partial charge in [-0.25, -0.2) is 9.37 Å². The van der Waals surface area contributed by atoms with Crippen molar-refractivity contribution in [1.29, 1.82) is 0 Å². The molecule has 1 amide bonds. The van der Waals surface area contributed by atoms with Crippen molar-refractivity contribution in [3.05, 3.63) is 90.1 Å². The average Bonchev–Trinajstić information content (AvgIpc) is 3.52. The summed E-state index contributed by atoms with van der Waals surface area (Å²) in [4.78, 5) is 23.4. The monoisotopic (exact) mass is 445 g/mol. The summed E-state index contributed by atoms with van der Waals surface area (Å²) in [6.07, 6.45) is 7.90. The second kappa shape index (κ2) is 9.36. The number of aromatic nitrogens is 4. The van der Waals surface area contributed by atoms with E-state index in [1.807, 2.05) is 39.9 Å². The van der Waals surface area contributed by atoms with Crippen LogP contribution in [0.25, 0.3) is 11.4 Å². The van der Waals surface area contributed by atoms with Crippen molar-refractivity contribution in [2.75, 3.05) is 13.1 Å². The van der Waals surface area contributed by atoms with Gasteiger partial charge in [0.1, 0.15) is 5.82 Å². The molecule has 0 radical (unpaired) electrons. The largest absolute Gasteiger partial charge is 0.339 e. The van der Waals surface area contributed by atoms with Crippen LogP contribution < -0.4 is 0 Å². The lowest BCUT2D eigenvalue weighted by Crippen LogP contribution is -2.40. The van der Waals surface area contributed by atoms with Gasteiger partial charge in [0.2, 0.25) is 11.7 Å². The van der Waals surface area contributed by atoms with Gasteiger partial charge in [0.05, 0.1) is 11.9 Å². The topological polar surface area (TPSA) is 77.1 Å². The minimum absolute atomic E-state index is 0.0338. The molecular weight excluding hydrogens is 421 g/mol. The van der Waals surface area contributed by atoms with Gasteiger partial charge in [-0.05, 0) is 48.6 Å². The van der Waals surface area contributed by atoms with E-state index in [-0.39, 0.29) is 23.5 Å². The van der Waals surface area contributed by atoms with Crippen LogP contribution in [0.2, 0.25) is 0 Å². The van der Waals surface area contributed by atoms with Gasteiger partial charge in [-0.3, -0.25) is 4.79 Å². The van der Waals surface area contributed by atoms with Crippen molar-refractivity contribution in [3.8, 4) is 11.4 Å². The second-order valence-corrected chi connectivity index (χ2v) is 8.39. The lowest BCUT2D eigenvalue weighted by molar-refractivity contribution is 0.0668. The normalized spacial score (nSPS) is 16.2. The SMILES string of the molecule is O=C(c1ccc(Cn2ccnc2)cc1)N1CCCC(Cc2nc(-c3ccccc3F)no2)C1. The quantitative estimate of drug-likeness (QED) is 0.444. The van der Waals surface area contributed by atoms with E-state index in [2.05, 4.69) is 15.1 Å². The minimum atomic E-state index is -0.379. The standard InChI is InChI=1S/C25H24FN5O2/c26-22-6-2-1-5-21(22)24-28-23(33-29-24)14-19-4-3-12-31(16-19)25(32)20-9-7-18(8-10-20)15-30-13-11-27-17-30/h1-2,5-11,13,17,19H,3-4,12,14-16H2. The first-order valence-electron chi connectivity index (χ1n) is 11.1. The molecule has 5 rings (SSSR count). The zero-order valence-electron chi connectivity index (χ0n) is 18.1. The van der Waals surface area contributed by atoms with Gasteiger partial charge in [-0.1, -0.05) is 29.4 Å². The van der Waals surface area contributed by atoms with Crippen LogP contribution in [-0.4, -0.2) is 43.6 Å². The number of carbonyl (C=O) groups excluding carboxylic acids is 1. The molecule has 1 atom stereocenters. The van der Waals surface area contributed by atoms with E-state index >= 15 is 0 Å². The van der Waals surface area contributed by atoms with Crippen LogP contribution in [-0.2, 0) is 13.0 Å². The van der Waals surface area contributed by atoms with Crippen molar-refractivity contribution < 1.29 is 13.7 Å². The molecule has 1 saturated heterocycles. The highest BCUT2D eigenvalue weighted by molar-refractivity contribution is 5.94. The number of imidazole rings is 1. The number of amides is 1. The molecule has 3 heterocycles. The van der Waals surface area contributed by atoms with Crippen LogP contribution in [0.1, 0.15) is 34.7 Å². The van der Waals surface area contributed by atoms with Gasteiger partial charge < -0.3 is 14.0 Å². The maximum Gasteiger partial charge on any atom is 0.253 e. The third-order valence-corrected chi connectivity index (χ3v) is 5.98. The van der Waals surface area contributed by atoms with Gasteiger partial charge in [-0.15, -0.1) is 0 Å². The molecule has 0 bridgehead atoms. The van der Waals surface area contributed by atoms with Crippen LogP contribution in [0.5, 0.6) is 0 Å². The number of likely N-dealkylation sites (tertiary alicyclic amines) is 1. The summed E-state index contributed by atoms with van der Waals surface area (Å²) in [7, 11) is 0. The number of hydrogen-bond acceptors (Lipinski definition) is 5. The van der Waals surface area contributed by atoms with Crippen LogP contribution in [0, 0.1) is 11.7 Å². The van der Waals surface area contributed by atoms with Gasteiger partial charge in [0, 0.05) is 44.0 Å². The predicted molar refractivity (Wildman–Crippen MR) is 120 cm³/mol. The summed E-state index contributed by atoms with van der Waals surface area (Å²) < 4.78 is 21.4. The van der Waals surface area contributed by atoms with Crippen LogP contribution in [0.15, 0.2) is 71.8 Å². The van der Waals surface area contributed by atoms with Gasteiger partial charge >= 0.3 is 0 Å². The molecule has 168 valence electrons. The maximum atomic E-state index is 14.0. The predicted octanol–water partition coefficient (Wildman–Crippen LogP) is 4.22. The number of halogens is 1. The summed E-state index contributed by atoms with van der Waals surface area (Å²) in [5, 5.41) is 3.94. The summed E-state index contributed by atoms with van der Waals surface area (Å²) >= 11 is 0. The Bertz CT molecular complexity index is 1220. The first-order valence-corrected chi connectivity index (χ1v) is 11.1.